The summed E-state index contributed by atoms with van der Waals surface area (Å²) in [6.07, 6.45) is -11.3. The van der Waals surface area contributed by atoms with E-state index in [0.29, 0.717) is 17.1 Å². The number of carbonyl (C=O) groups is 2. The van der Waals surface area contributed by atoms with Crippen molar-refractivity contribution in [2.45, 2.75) is 87.5 Å². The van der Waals surface area contributed by atoms with Crippen LogP contribution in [-0.2, 0) is 67.2 Å². The van der Waals surface area contributed by atoms with Gasteiger partial charge >= 0.3 is 12.1 Å². The van der Waals surface area contributed by atoms with Crippen LogP contribution in [-0.4, -0.2) is 101 Å². The Balaban J connectivity index is 1.03. The molecule has 0 bridgehead atoms. The maximum atomic E-state index is 14.5. The number of carbonyl (C=O) groups excluding carboxylic acids is 2. The van der Waals surface area contributed by atoms with Gasteiger partial charge in [-0.3, -0.25) is 0 Å². The first kappa shape index (κ1) is 51.3. The molecule has 0 saturated carbocycles. The number of amides is 1. The number of esters is 1. The predicted molar refractivity (Wildman–Crippen MR) is 274 cm³/mol. The lowest BCUT2D eigenvalue weighted by atomic mass is 9.94. The third-order valence-electron chi connectivity index (χ3n) is 13.3. The third kappa shape index (κ3) is 12.7. The molecule has 7 aromatic rings. The Labute approximate surface area is 435 Å². The van der Waals surface area contributed by atoms with Gasteiger partial charge in [-0.2, -0.15) is 0 Å². The monoisotopic (exact) mass is 1020 g/mol. The van der Waals surface area contributed by atoms with Gasteiger partial charge in [0.2, 0.25) is 0 Å². The highest BCUT2D eigenvalue weighted by Crippen LogP contribution is 2.41. The van der Waals surface area contributed by atoms with Gasteiger partial charge in [0.25, 0.3) is 0 Å². The number of benzene rings is 7. The maximum Gasteiger partial charge on any atom is 0.407 e. The van der Waals surface area contributed by atoms with Crippen molar-refractivity contribution in [3.8, 4) is 11.5 Å². The number of methoxy groups -OCH3 is 2. The van der Waals surface area contributed by atoms with Crippen LogP contribution in [0.15, 0.2) is 188 Å². The molecule has 3 saturated heterocycles. The highest BCUT2D eigenvalue weighted by molar-refractivity contribution is 5.89. The van der Waals surface area contributed by atoms with E-state index < -0.39 is 79.7 Å². The largest absolute Gasteiger partial charge is 0.497 e. The normalized spacial score (nSPS) is 25.3. The van der Waals surface area contributed by atoms with Crippen molar-refractivity contribution in [2.24, 2.45) is 0 Å². The quantitative estimate of drug-likeness (QED) is 0.0764. The van der Waals surface area contributed by atoms with Crippen LogP contribution in [0.4, 0.5) is 4.79 Å². The van der Waals surface area contributed by atoms with Crippen molar-refractivity contribution in [1.29, 1.82) is 0 Å². The summed E-state index contributed by atoms with van der Waals surface area (Å²) in [6, 6.07) is 57.2. The second kappa shape index (κ2) is 24.9. The Morgan fingerprint density at radius 3 is 1.84 bits per heavy atom. The Hall–Kier alpha value is -7.18. The molecule has 75 heavy (non-hydrogen) atoms. The minimum atomic E-state index is -1.40. The summed E-state index contributed by atoms with van der Waals surface area (Å²) in [7, 11) is 3.06. The summed E-state index contributed by atoms with van der Waals surface area (Å²) < 4.78 is 78.4. The molecule has 3 heterocycles. The zero-order valence-corrected chi connectivity index (χ0v) is 41.5. The van der Waals surface area contributed by atoms with Crippen LogP contribution in [0.3, 0.4) is 0 Å². The van der Waals surface area contributed by atoms with Crippen molar-refractivity contribution in [2.75, 3.05) is 27.4 Å². The standard InChI is InChI=1S/C60H59NO14/c1-64-44-30-32-45(33-31-44)66-37-48-51(53(67-34-39-18-7-3-8-19-39)50(58(65-2)71-48)61-60(63)70-36-41-22-11-5-12-23-41)75-59-55(73-56(62)43-25-13-6-14-26-43)54(68-35-40-20-9-4-10-21-40)52-49(72-59)38-69-57(74-52)47-29-17-27-42-24-15-16-28-46(42)47/h3-33,48-55,57-59H,34-38H2,1-2H3,(H,61,63)/t48-,49-,50-,51-,52-,53-,54+,55-,57?,58+,59+/m1/s1. The van der Waals surface area contributed by atoms with Gasteiger partial charge in [0.05, 0.1) is 32.5 Å². The van der Waals surface area contributed by atoms with E-state index in [1.807, 2.05) is 140 Å². The van der Waals surface area contributed by atoms with Crippen molar-refractivity contribution < 1.29 is 66.4 Å². The molecule has 0 radical (unpaired) electrons. The summed E-state index contributed by atoms with van der Waals surface area (Å²) in [4.78, 5) is 28.4. The molecule has 3 aliphatic heterocycles. The molecule has 1 N–H and O–H groups in total. The van der Waals surface area contributed by atoms with Crippen LogP contribution in [0.1, 0.15) is 38.9 Å². The first-order valence-corrected chi connectivity index (χ1v) is 25.0. The van der Waals surface area contributed by atoms with Crippen LogP contribution in [0, 0.1) is 0 Å². The zero-order chi connectivity index (χ0) is 51.3. The van der Waals surface area contributed by atoms with Gasteiger partial charge in [0.1, 0.15) is 67.4 Å². The zero-order valence-electron chi connectivity index (χ0n) is 41.5. The second-order valence-corrected chi connectivity index (χ2v) is 18.2. The van der Waals surface area contributed by atoms with E-state index in [0.717, 1.165) is 33.0 Å². The highest BCUT2D eigenvalue weighted by Gasteiger charge is 2.57. The minimum absolute atomic E-state index is 0.00547. The average Bonchev–Trinajstić information content (AvgIpc) is 3.47. The fraction of sp³-hybridized carbons (Fsp3) is 0.300. The van der Waals surface area contributed by atoms with E-state index in [1.54, 1.807) is 55.6 Å². The van der Waals surface area contributed by atoms with Crippen molar-refractivity contribution in [1.82, 2.24) is 5.32 Å². The summed E-state index contributed by atoms with van der Waals surface area (Å²) in [5.74, 6) is 0.501. The average molecular weight is 1020 g/mol. The summed E-state index contributed by atoms with van der Waals surface area (Å²) in [6.45, 7) is 0.130. The number of fused-ring (bicyclic) bond motifs is 2. The molecule has 1 unspecified atom stereocenters. The number of hydrogen-bond donors (Lipinski definition) is 1. The Kier molecular flexibility index (Phi) is 17.0. The van der Waals surface area contributed by atoms with Gasteiger partial charge in [-0.15, -0.1) is 0 Å². The highest BCUT2D eigenvalue weighted by atomic mass is 16.8. The number of alkyl carbamates (subject to hydrolysis) is 1. The number of ether oxygens (including phenoxy) is 12. The fourth-order valence-electron chi connectivity index (χ4n) is 9.55. The van der Waals surface area contributed by atoms with Crippen LogP contribution in [0.25, 0.3) is 10.8 Å². The lowest BCUT2D eigenvalue weighted by Gasteiger charge is -2.51. The molecule has 3 aliphatic rings. The molecule has 1 amide bonds. The van der Waals surface area contributed by atoms with Crippen LogP contribution < -0.4 is 14.8 Å². The molecule has 0 aromatic heterocycles. The fourth-order valence-corrected chi connectivity index (χ4v) is 9.55. The third-order valence-corrected chi connectivity index (χ3v) is 13.3. The van der Waals surface area contributed by atoms with E-state index in [2.05, 4.69) is 5.32 Å². The van der Waals surface area contributed by atoms with Crippen LogP contribution >= 0.6 is 0 Å². The van der Waals surface area contributed by atoms with Crippen molar-refractivity contribution in [3.05, 3.63) is 216 Å². The van der Waals surface area contributed by atoms with E-state index in [4.69, 9.17) is 56.8 Å². The van der Waals surface area contributed by atoms with E-state index in [9.17, 15) is 9.59 Å². The first-order valence-electron chi connectivity index (χ1n) is 25.0. The maximum absolute atomic E-state index is 14.5. The molecule has 3 fully saturated rings. The minimum Gasteiger partial charge on any atom is -0.497 e. The van der Waals surface area contributed by atoms with Gasteiger partial charge in [-0.25, -0.2) is 9.59 Å². The molecule has 0 aliphatic carbocycles. The molecule has 0 spiro atoms. The van der Waals surface area contributed by atoms with Gasteiger partial charge in [0.15, 0.2) is 25.0 Å². The molecule has 11 atom stereocenters. The molecular formula is C60H59NO14. The molecule has 388 valence electrons. The Morgan fingerprint density at radius 1 is 0.573 bits per heavy atom. The molecule has 15 nitrogen and oxygen atoms in total. The van der Waals surface area contributed by atoms with Gasteiger partial charge in [0, 0.05) is 12.7 Å². The molecule has 7 aromatic carbocycles. The first-order chi connectivity index (χ1) is 36.9. The van der Waals surface area contributed by atoms with Crippen LogP contribution in [0.2, 0.25) is 0 Å². The number of nitrogens with one attached hydrogen (secondary N) is 1. The van der Waals surface area contributed by atoms with Gasteiger partial charge < -0.3 is 62.2 Å². The predicted octanol–water partition coefficient (Wildman–Crippen LogP) is 9.51. The topological polar surface area (TPSA) is 157 Å². The summed E-state index contributed by atoms with van der Waals surface area (Å²) >= 11 is 0. The Bertz CT molecular complexity index is 2890. The Morgan fingerprint density at radius 2 is 1.17 bits per heavy atom. The van der Waals surface area contributed by atoms with E-state index in [1.165, 1.54) is 7.11 Å². The van der Waals surface area contributed by atoms with Crippen LogP contribution in [0.5, 0.6) is 11.5 Å². The van der Waals surface area contributed by atoms with Gasteiger partial charge in [-0.1, -0.05) is 152 Å². The molecular weight excluding hydrogens is 959 g/mol. The summed E-state index contributed by atoms with van der Waals surface area (Å²) in [5, 5.41) is 4.95. The lowest BCUT2D eigenvalue weighted by molar-refractivity contribution is -0.385. The molecule has 10 rings (SSSR count). The van der Waals surface area contributed by atoms with Crippen molar-refractivity contribution >= 4 is 22.8 Å². The second-order valence-electron chi connectivity index (χ2n) is 18.2. The van der Waals surface area contributed by atoms with Crippen molar-refractivity contribution in [3.63, 3.8) is 0 Å². The smallest absolute Gasteiger partial charge is 0.407 e. The number of hydrogen-bond acceptors (Lipinski definition) is 14. The van der Waals surface area contributed by atoms with Gasteiger partial charge in [-0.05, 0) is 63.9 Å². The SMILES string of the molecule is COc1ccc(OC[C@H]2O[C@H](OC)[C@H](NC(=O)OCc3ccccc3)[C@@H](OCc3ccccc3)[C@@H]2O[C@@H]2O[C@@H]3COC(c4cccc5ccccc45)O[C@H]3[C@H](OCc3ccccc3)[C@H]2OC(=O)c2ccccc2)cc1. The number of rotatable bonds is 19. The molecule has 15 heteroatoms. The van der Waals surface area contributed by atoms with E-state index >= 15 is 0 Å². The summed E-state index contributed by atoms with van der Waals surface area (Å²) in [5.41, 5.74) is 3.60. The van der Waals surface area contributed by atoms with E-state index in [-0.39, 0.29) is 33.0 Å². The lowest BCUT2D eigenvalue weighted by Crippen LogP contribution is -2.69.